The second-order valence-electron chi connectivity index (χ2n) is 4.55. The number of rotatable bonds is 4. The van der Waals surface area contributed by atoms with Gasteiger partial charge >= 0.3 is 0 Å². The lowest BCUT2D eigenvalue weighted by molar-refractivity contribution is -0.123. The fraction of sp³-hybridized carbons (Fsp3) is 0.636. The number of hydrogen-bond acceptors (Lipinski definition) is 3. The fourth-order valence-corrected chi connectivity index (χ4v) is 2.44. The minimum atomic E-state index is -0.225. The molecule has 0 bridgehead atoms. The lowest BCUT2D eigenvalue weighted by Gasteiger charge is -2.11. The molecule has 1 aliphatic rings. The van der Waals surface area contributed by atoms with Gasteiger partial charge in [-0.2, -0.15) is 5.10 Å². The third-order valence-electron chi connectivity index (χ3n) is 3.43. The molecule has 1 heterocycles. The Morgan fingerprint density at radius 1 is 1.62 bits per heavy atom. The second-order valence-corrected chi connectivity index (χ2v) is 5.35. The zero-order valence-corrected chi connectivity index (χ0v) is 11.2. The highest BCUT2D eigenvalue weighted by Crippen LogP contribution is 2.46. The van der Waals surface area contributed by atoms with Crippen LogP contribution in [0, 0.1) is 12.3 Å². The zero-order valence-electron chi connectivity index (χ0n) is 9.59. The van der Waals surface area contributed by atoms with Gasteiger partial charge in [-0.05, 0) is 35.7 Å². The van der Waals surface area contributed by atoms with Crippen LogP contribution in [0.25, 0.3) is 0 Å². The molecule has 88 valence electrons. The van der Waals surface area contributed by atoms with E-state index in [4.69, 9.17) is 5.73 Å². The van der Waals surface area contributed by atoms with E-state index in [0.29, 0.717) is 13.0 Å². The van der Waals surface area contributed by atoms with Gasteiger partial charge in [0, 0.05) is 19.0 Å². The average molecular weight is 286 g/mol. The van der Waals surface area contributed by atoms with Crippen molar-refractivity contribution in [1.29, 1.82) is 0 Å². The van der Waals surface area contributed by atoms with Gasteiger partial charge in [-0.15, -0.1) is 0 Å². The van der Waals surface area contributed by atoms with Crippen LogP contribution < -0.4 is 5.73 Å². The number of nitrogens with zero attached hydrogens (tertiary/aromatic N) is 2. The van der Waals surface area contributed by atoms with E-state index in [-0.39, 0.29) is 11.2 Å². The molecule has 1 saturated carbocycles. The Bertz CT molecular complexity index is 435. The molecule has 0 aromatic carbocycles. The molecule has 0 spiro atoms. The first-order valence-corrected chi connectivity index (χ1v) is 6.21. The van der Waals surface area contributed by atoms with Gasteiger partial charge in [0.2, 0.25) is 0 Å². The lowest BCUT2D eigenvalue weighted by atomic mass is 9.97. The number of hydrogen-bond donors (Lipinski definition) is 1. The third kappa shape index (κ3) is 1.82. The standard InChI is InChI=1S/C11H16BrN3O/c1-7-10(12)8(15(2)14-7)5-9(16)11(6-13)3-4-11/h3-6,13H2,1-2H3. The maximum Gasteiger partial charge on any atom is 0.146 e. The number of Topliss-reactive ketones (excluding diaryl/α,β-unsaturated/α-hetero) is 1. The van der Waals surface area contributed by atoms with Crippen molar-refractivity contribution in [1.82, 2.24) is 9.78 Å². The molecular weight excluding hydrogens is 270 g/mol. The highest BCUT2D eigenvalue weighted by atomic mass is 79.9. The maximum atomic E-state index is 12.1. The number of aryl methyl sites for hydroxylation is 2. The number of nitrogens with two attached hydrogens (primary N) is 1. The molecule has 0 saturated heterocycles. The molecule has 2 N–H and O–H groups in total. The van der Waals surface area contributed by atoms with Gasteiger partial charge in [0.15, 0.2) is 0 Å². The van der Waals surface area contributed by atoms with E-state index in [1.165, 1.54) is 0 Å². The molecule has 1 fully saturated rings. The molecule has 1 aromatic rings. The normalized spacial score (nSPS) is 17.5. The monoisotopic (exact) mass is 285 g/mol. The van der Waals surface area contributed by atoms with E-state index < -0.39 is 0 Å². The van der Waals surface area contributed by atoms with Gasteiger partial charge in [0.25, 0.3) is 0 Å². The number of carbonyl (C=O) groups excluding carboxylic acids is 1. The van der Waals surface area contributed by atoms with Crippen molar-refractivity contribution in [3.05, 3.63) is 15.9 Å². The number of ketones is 1. The van der Waals surface area contributed by atoms with Gasteiger partial charge in [-0.3, -0.25) is 9.48 Å². The first-order valence-electron chi connectivity index (χ1n) is 5.41. The summed E-state index contributed by atoms with van der Waals surface area (Å²) in [5, 5.41) is 4.28. The molecule has 1 aliphatic carbocycles. The average Bonchev–Trinajstić information content (AvgIpc) is 3.00. The second kappa shape index (κ2) is 3.96. The quantitative estimate of drug-likeness (QED) is 0.908. The molecule has 0 atom stereocenters. The van der Waals surface area contributed by atoms with E-state index in [0.717, 1.165) is 28.7 Å². The summed E-state index contributed by atoms with van der Waals surface area (Å²) in [6, 6.07) is 0. The molecule has 5 heteroatoms. The topological polar surface area (TPSA) is 60.9 Å². The van der Waals surface area contributed by atoms with E-state index in [1.807, 2.05) is 14.0 Å². The molecule has 1 aromatic heterocycles. The Kier molecular flexibility index (Phi) is 2.92. The maximum absolute atomic E-state index is 12.1. The molecule has 4 nitrogen and oxygen atoms in total. The highest BCUT2D eigenvalue weighted by molar-refractivity contribution is 9.10. The minimum Gasteiger partial charge on any atom is -0.329 e. The summed E-state index contributed by atoms with van der Waals surface area (Å²) >= 11 is 3.47. The summed E-state index contributed by atoms with van der Waals surface area (Å²) in [5.41, 5.74) is 7.29. The van der Waals surface area contributed by atoms with Gasteiger partial charge < -0.3 is 5.73 Å². The molecule has 0 amide bonds. The molecule has 0 radical (unpaired) electrons. The van der Waals surface area contributed by atoms with Crippen LogP contribution in [0.4, 0.5) is 0 Å². The summed E-state index contributed by atoms with van der Waals surface area (Å²) in [5.74, 6) is 0.249. The van der Waals surface area contributed by atoms with E-state index in [1.54, 1.807) is 4.68 Å². The molecule has 0 aliphatic heterocycles. The van der Waals surface area contributed by atoms with Gasteiger partial charge in [-0.1, -0.05) is 0 Å². The Morgan fingerprint density at radius 3 is 2.62 bits per heavy atom. The first kappa shape index (κ1) is 11.8. The van der Waals surface area contributed by atoms with Crippen LogP contribution >= 0.6 is 15.9 Å². The summed E-state index contributed by atoms with van der Waals surface area (Å²) in [7, 11) is 1.86. The molecule has 0 unspecified atom stereocenters. The molecular formula is C11H16BrN3O. The van der Waals surface area contributed by atoms with Gasteiger partial charge in [0.1, 0.15) is 5.78 Å². The first-order chi connectivity index (χ1) is 7.50. The number of halogens is 1. The SMILES string of the molecule is Cc1nn(C)c(CC(=O)C2(CN)CC2)c1Br. The highest BCUT2D eigenvalue weighted by Gasteiger charge is 2.48. The predicted octanol–water partition coefficient (Wildman–Crippen LogP) is 1.34. The fourth-order valence-electron chi connectivity index (χ4n) is 1.96. The van der Waals surface area contributed by atoms with Crippen LogP contribution in [0.1, 0.15) is 24.2 Å². The Hall–Kier alpha value is -0.680. The molecule has 2 rings (SSSR count). The van der Waals surface area contributed by atoms with Crippen LogP contribution in [-0.4, -0.2) is 22.1 Å². The predicted molar refractivity (Wildman–Crippen MR) is 65.1 cm³/mol. The largest absolute Gasteiger partial charge is 0.329 e. The van der Waals surface area contributed by atoms with Gasteiger partial charge in [-0.25, -0.2) is 0 Å². The van der Waals surface area contributed by atoms with Crippen LogP contribution in [0.5, 0.6) is 0 Å². The van der Waals surface area contributed by atoms with Crippen LogP contribution in [0.15, 0.2) is 4.47 Å². The molecule has 16 heavy (non-hydrogen) atoms. The Labute approximate surface area is 103 Å². The van der Waals surface area contributed by atoms with E-state index >= 15 is 0 Å². The third-order valence-corrected chi connectivity index (χ3v) is 4.46. The summed E-state index contributed by atoms with van der Waals surface area (Å²) < 4.78 is 2.71. The van der Waals surface area contributed by atoms with E-state index in [9.17, 15) is 4.79 Å². The summed E-state index contributed by atoms with van der Waals surface area (Å²) in [4.78, 5) is 12.1. The van der Waals surface area contributed by atoms with Crippen LogP contribution in [0.2, 0.25) is 0 Å². The van der Waals surface area contributed by atoms with Crippen molar-refractivity contribution in [2.45, 2.75) is 26.2 Å². The lowest BCUT2D eigenvalue weighted by Crippen LogP contribution is -2.27. The van der Waals surface area contributed by atoms with E-state index in [2.05, 4.69) is 21.0 Å². The Morgan fingerprint density at radius 2 is 2.25 bits per heavy atom. The van der Waals surface area contributed by atoms with Crippen molar-refractivity contribution in [3.63, 3.8) is 0 Å². The Balaban J connectivity index is 2.18. The van der Waals surface area contributed by atoms with Gasteiger partial charge in [0.05, 0.1) is 22.3 Å². The van der Waals surface area contributed by atoms with Crippen molar-refractivity contribution in [2.75, 3.05) is 6.54 Å². The smallest absolute Gasteiger partial charge is 0.146 e. The summed E-state index contributed by atoms with van der Waals surface area (Å²) in [6.45, 7) is 2.40. The van der Waals surface area contributed by atoms with Crippen molar-refractivity contribution in [2.24, 2.45) is 18.2 Å². The van der Waals surface area contributed by atoms with Crippen molar-refractivity contribution in [3.8, 4) is 0 Å². The van der Waals surface area contributed by atoms with Crippen LogP contribution in [0.3, 0.4) is 0 Å². The number of aromatic nitrogens is 2. The van der Waals surface area contributed by atoms with Crippen LogP contribution in [-0.2, 0) is 18.3 Å². The summed E-state index contributed by atoms with van der Waals surface area (Å²) in [6.07, 6.45) is 2.31. The number of carbonyl (C=O) groups is 1. The minimum absolute atomic E-state index is 0.225. The van der Waals surface area contributed by atoms with Crippen molar-refractivity contribution >= 4 is 21.7 Å². The zero-order chi connectivity index (χ0) is 11.9. The van der Waals surface area contributed by atoms with Crippen molar-refractivity contribution < 1.29 is 4.79 Å².